The number of hydrogen-bond donors (Lipinski definition) is 2. The quantitative estimate of drug-likeness (QED) is 0.396. The van der Waals surface area contributed by atoms with Crippen LogP contribution < -0.4 is 9.96 Å². The van der Waals surface area contributed by atoms with Crippen molar-refractivity contribution in [3.05, 3.63) is 59.7 Å². The molecule has 0 heterocycles. The molecule has 2 rings (SSSR count). The zero-order valence-corrected chi connectivity index (χ0v) is 16.0. The summed E-state index contributed by atoms with van der Waals surface area (Å²) in [4.78, 5) is 15.1. The van der Waals surface area contributed by atoms with Crippen molar-refractivity contribution in [3.8, 4) is 0 Å². The molecule has 0 unspecified atom stereocenters. The first kappa shape index (κ1) is 20.9. The van der Waals surface area contributed by atoms with Crippen LogP contribution in [0.1, 0.15) is 15.9 Å². The van der Waals surface area contributed by atoms with Crippen molar-refractivity contribution in [2.24, 2.45) is 0 Å². The van der Waals surface area contributed by atoms with Gasteiger partial charge < -0.3 is 19.5 Å². The van der Waals surface area contributed by atoms with Crippen molar-refractivity contribution in [1.82, 2.24) is 0 Å². The molecular formula is C20H26N2O5. The lowest BCUT2D eigenvalue weighted by atomic mass is 9.95. The first-order chi connectivity index (χ1) is 12.9. The molecule has 0 aliphatic rings. The Morgan fingerprint density at radius 3 is 1.93 bits per heavy atom. The summed E-state index contributed by atoms with van der Waals surface area (Å²) in [5, 5.41) is 19.5. The number of benzene rings is 2. The number of hydrogen-bond acceptors (Lipinski definition) is 7. The Morgan fingerprint density at radius 1 is 0.963 bits per heavy atom. The molecule has 2 aromatic carbocycles. The third kappa shape index (κ3) is 4.28. The van der Waals surface area contributed by atoms with Crippen LogP contribution in [0.5, 0.6) is 0 Å². The summed E-state index contributed by atoms with van der Waals surface area (Å²) >= 11 is 0. The van der Waals surface area contributed by atoms with Gasteiger partial charge in [0.25, 0.3) is 5.79 Å². The van der Waals surface area contributed by atoms with E-state index in [2.05, 4.69) is 0 Å². The van der Waals surface area contributed by atoms with Crippen molar-refractivity contribution in [1.29, 1.82) is 0 Å². The van der Waals surface area contributed by atoms with Gasteiger partial charge in [-0.15, -0.1) is 0 Å². The number of rotatable bonds is 9. The van der Waals surface area contributed by atoms with Gasteiger partial charge in [-0.2, -0.15) is 0 Å². The Morgan fingerprint density at radius 2 is 1.48 bits per heavy atom. The van der Waals surface area contributed by atoms with Crippen molar-refractivity contribution < 1.29 is 24.6 Å². The van der Waals surface area contributed by atoms with Gasteiger partial charge in [-0.25, -0.2) is 0 Å². The molecule has 7 heteroatoms. The molecule has 146 valence electrons. The molecule has 0 radical (unpaired) electrons. The lowest BCUT2D eigenvalue weighted by Crippen LogP contribution is -2.40. The molecule has 0 aliphatic heterocycles. The minimum absolute atomic E-state index is 0.0483. The van der Waals surface area contributed by atoms with Gasteiger partial charge in [-0.1, -0.05) is 12.1 Å². The zero-order chi connectivity index (χ0) is 20.0. The SMILES string of the molecule is COC(OC)(C(=O)c1ccc(N(C)CCO)cc1)c1ccc(N(C)O)cc1. The molecular weight excluding hydrogens is 348 g/mol. The van der Waals surface area contributed by atoms with Gasteiger partial charge in [0.2, 0.25) is 5.78 Å². The second-order valence-corrected chi connectivity index (χ2v) is 6.12. The maximum Gasteiger partial charge on any atom is 0.260 e. The van der Waals surface area contributed by atoms with E-state index < -0.39 is 5.79 Å². The Kier molecular flexibility index (Phi) is 6.92. The third-order valence-electron chi connectivity index (χ3n) is 4.50. The number of likely N-dealkylation sites (N-methyl/N-ethyl adjacent to an activating group) is 1. The summed E-state index contributed by atoms with van der Waals surface area (Å²) in [6.45, 7) is 0.547. The van der Waals surface area contributed by atoms with E-state index in [0.717, 1.165) is 10.8 Å². The summed E-state index contributed by atoms with van der Waals surface area (Å²) in [6.07, 6.45) is 0. The van der Waals surface area contributed by atoms with Crippen molar-refractivity contribution in [2.75, 3.05) is 51.4 Å². The number of nitrogens with zero attached hydrogens (tertiary/aromatic N) is 2. The van der Waals surface area contributed by atoms with Crippen molar-refractivity contribution in [3.63, 3.8) is 0 Å². The molecule has 0 atom stereocenters. The molecule has 0 aliphatic carbocycles. The minimum atomic E-state index is -1.59. The van der Waals surface area contributed by atoms with Gasteiger partial charge >= 0.3 is 0 Å². The first-order valence-electron chi connectivity index (χ1n) is 8.50. The van der Waals surface area contributed by atoms with Gasteiger partial charge in [0.15, 0.2) is 0 Å². The smallest absolute Gasteiger partial charge is 0.260 e. The van der Waals surface area contributed by atoms with Crippen LogP contribution in [0.15, 0.2) is 48.5 Å². The van der Waals surface area contributed by atoms with E-state index in [0.29, 0.717) is 23.4 Å². The Labute approximate surface area is 159 Å². The van der Waals surface area contributed by atoms with Crippen LogP contribution in [0.25, 0.3) is 0 Å². The fraction of sp³-hybridized carbons (Fsp3) is 0.350. The second kappa shape index (κ2) is 8.96. The minimum Gasteiger partial charge on any atom is -0.395 e. The van der Waals surface area contributed by atoms with Crippen LogP contribution in [-0.2, 0) is 15.3 Å². The lowest BCUT2D eigenvalue weighted by molar-refractivity contribution is -0.176. The molecule has 0 bridgehead atoms. The number of Topliss-reactive ketones (excluding diaryl/α,β-unsaturated/α-hetero) is 1. The number of methoxy groups -OCH3 is 2. The molecule has 0 fully saturated rings. The standard InChI is InChI=1S/C20H26N2O5/c1-21(13-14-23)17-9-5-15(6-10-17)19(24)20(26-3,27-4)16-7-11-18(12-8-16)22(2)25/h5-12,23,25H,13-14H2,1-4H3. The van der Waals surface area contributed by atoms with E-state index in [-0.39, 0.29) is 12.4 Å². The predicted molar refractivity (Wildman–Crippen MR) is 103 cm³/mol. The van der Waals surface area contributed by atoms with Crippen LogP contribution in [0.3, 0.4) is 0 Å². The van der Waals surface area contributed by atoms with Gasteiger partial charge in [-0.05, 0) is 36.4 Å². The summed E-state index contributed by atoms with van der Waals surface area (Å²) < 4.78 is 11.0. The molecule has 0 saturated carbocycles. The maximum atomic E-state index is 13.2. The molecule has 27 heavy (non-hydrogen) atoms. The topological polar surface area (TPSA) is 82.5 Å². The van der Waals surface area contributed by atoms with Crippen LogP contribution in [0.2, 0.25) is 0 Å². The lowest BCUT2D eigenvalue weighted by Gasteiger charge is -2.30. The Bertz CT molecular complexity index is 740. The Balaban J connectivity index is 2.36. The Hall–Kier alpha value is -2.45. The molecule has 0 aromatic heterocycles. The van der Waals surface area contributed by atoms with Crippen LogP contribution in [0.4, 0.5) is 11.4 Å². The molecule has 0 saturated heterocycles. The largest absolute Gasteiger partial charge is 0.395 e. The average molecular weight is 374 g/mol. The number of carbonyl (C=O) groups excluding carboxylic acids is 1. The van der Waals surface area contributed by atoms with E-state index in [9.17, 15) is 10.0 Å². The van der Waals surface area contributed by atoms with Gasteiger partial charge in [-0.3, -0.25) is 15.1 Å². The highest BCUT2D eigenvalue weighted by Crippen LogP contribution is 2.32. The number of carbonyl (C=O) groups is 1. The van der Waals surface area contributed by atoms with Gasteiger partial charge in [0.05, 0.1) is 12.3 Å². The second-order valence-electron chi connectivity index (χ2n) is 6.12. The fourth-order valence-corrected chi connectivity index (χ4v) is 2.87. The normalized spacial score (nSPS) is 11.3. The number of aliphatic hydroxyl groups excluding tert-OH is 1. The van der Waals surface area contributed by atoms with Crippen LogP contribution in [-0.4, -0.2) is 57.6 Å². The molecule has 0 amide bonds. The first-order valence-corrected chi connectivity index (χ1v) is 8.50. The van der Waals surface area contributed by atoms with E-state index in [1.807, 2.05) is 24.1 Å². The summed E-state index contributed by atoms with van der Waals surface area (Å²) in [7, 11) is 6.20. The molecule has 2 N–H and O–H groups in total. The highest BCUT2D eigenvalue weighted by atomic mass is 16.7. The number of aliphatic hydroxyl groups is 1. The number of ether oxygens (including phenoxy) is 2. The van der Waals surface area contributed by atoms with Crippen LogP contribution >= 0.6 is 0 Å². The van der Waals surface area contributed by atoms with Gasteiger partial charge in [0.1, 0.15) is 0 Å². The highest BCUT2D eigenvalue weighted by molar-refractivity contribution is 6.02. The maximum absolute atomic E-state index is 13.2. The summed E-state index contributed by atoms with van der Waals surface area (Å²) in [5.41, 5.74) is 2.41. The summed E-state index contributed by atoms with van der Waals surface area (Å²) in [6, 6.07) is 13.7. The van der Waals surface area contributed by atoms with Crippen LogP contribution in [0, 0.1) is 0 Å². The predicted octanol–water partition coefficient (Wildman–Crippen LogP) is 2.27. The number of anilines is 2. The number of hydroxylamine groups is 1. The molecule has 7 nitrogen and oxygen atoms in total. The van der Waals surface area contributed by atoms with Crippen molar-refractivity contribution in [2.45, 2.75) is 5.79 Å². The fourth-order valence-electron chi connectivity index (χ4n) is 2.87. The summed E-state index contributed by atoms with van der Waals surface area (Å²) in [5.74, 6) is -1.93. The average Bonchev–Trinajstić information content (AvgIpc) is 2.70. The third-order valence-corrected chi connectivity index (χ3v) is 4.50. The number of ketones is 1. The zero-order valence-electron chi connectivity index (χ0n) is 16.0. The monoisotopic (exact) mass is 374 g/mol. The molecule has 2 aromatic rings. The van der Waals surface area contributed by atoms with E-state index >= 15 is 0 Å². The van der Waals surface area contributed by atoms with E-state index in [1.54, 1.807) is 36.4 Å². The van der Waals surface area contributed by atoms with Gasteiger partial charge in [0, 0.05) is 51.7 Å². The van der Waals surface area contributed by atoms with E-state index in [1.165, 1.54) is 21.3 Å². The highest BCUT2D eigenvalue weighted by Gasteiger charge is 2.41. The van der Waals surface area contributed by atoms with Crippen molar-refractivity contribution >= 4 is 17.2 Å². The van der Waals surface area contributed by atoms with E-state index in [4.69, 9.17) is 14.6 Å². The molecule has 0 spiro atoms.